The van der Waals surface area contributed by atoms with Crippen molar-refractivity contribution in [2.45, 2.75) is 38.4 Å². The van der Waals surface area contributed by atoms with E-state index < -0.39 is 11.7 Å². The van der Waals surface area contributed by atoms with Crippen LogP contribution in [0.2, 0.25) is 0 Å². The van der Waals surface area contributed by atoms with Gasteiger partial charge in [0.2, 0.25) is 5.95 Å². The lowest BCUT2D eigenvalue weighted by Crippen LogP contribution is -2.30. The molecule has 4 aromatic rings. The fraction of sp³-hybridized carbons (Fsp3) is 0.286. The zero-order chi connectivity index (χ0) is 25.1. The average molecular weight is 492 g/mol. The first-order valence-electron chi connectivity index (χ1n) is 12.2. The quantitative estimate of drug-likeness (QED) is 0.297. The molecule has 0 unspecified atom stereocenters. The third-order valence-electron chi connectivity index (χ3n) is 6.52. The second kappa shape index (κ2) is 10.0. The molecule has 2 N–H and O–H groups in total. The Labute approximate surface area is 208 Å². The number of H-pyrrole nitrogens is 1. The van der Waals surface area contributed by atoms with Crippen molar-refractivity contribution in [3.63, 3.8) is 0 Å². The van der Waals surface area contributed by atoms with Crippen molar-refractivity contribution in [2.24, 2.45) is 0 Å². The molecule has 5 nitrogen and oxygen atoms in total. The maximum Gasteiger partial charge on any atom is 0.416 e. The third-order valence-corrected chi connectivity index (χ3v) is 6.52. The van der Waals surface area contributed by atoms with E-state index in [-0.39, 0.29) is 6.04 Å². The Balaban J connectivity index is 1.53. The third kappa shape index (κ3) is 5.22. The van der Waals surface area contributed by atoms with E-state index in [0.29, 0.717) is 28.7 Å². The number of halogens is 3. The summed E-state index contributed by atoms with van der Waals surface area (Å²) in [7, 11) is 0. The highest BCUT2D eigenvalue weighted by Gasteiger charge is 2.31. The fourth-order valence-electron chi connectivity index (χ4n) is 4.59. The summed E-state index contributed by atoms with van der Waals surface area (Å²) < 4.78 is 40.4. The number of benzene rings is 2. The zero-order valence-electron chi connectivity index (χ0n) is 20.0. The molecular weight excluding hydrogens is 463 g/mol. The first-order valence-corrected chi connectivity index (χ1v) is 12.2. The smallest absolute Gasteiger partial charge is 0.364 e. The van der Waals surface area contributed by atoms with Crippen LogP contribution in [0.4, 0.5) is 24.9 Å². The molecule has 2 aromatic heterocycles. The Morgan fingerprint density at radius 3 is 2.44 bits per heavy atom. The molecule has 0 saturated carbocycles. The standard InChI is InChI=1S/C28H28F3N5/c1-19(20-9-4-2-5-10-20)33-24-18-22(13-14-32-24)26-25(21-11-8-12-23(17-21)28(29,30)31)34-27(35-26)36-15-6-3-7-16-36/h2,4-5,8-14,17-19H,3,6-7,15-16H2,1H3,(H,32,33)(H,34,35)/t19-/m1/s1. The summed E-state index contributed by atoms with van der Waals surface area (Å²) in [6.07, 6.45) is 0.574. The number of nitrogens with one attached hydrogen (secondary N) is 2. The fourth-order valence-corrected chi connectivity index (χ4v) is 4.59. The van der Waals surface area contributed by atoms with Gasteiger partial charge in [-0.1, -0.05) is 42.5 Å². The molecular formula is C28H28F3N5. The zero-order valence-corrected chi connectivity index (χ0v) is 20.0. The molecule has 0 amide bonds. The van der Waals surface area contributed by atoms with Gasteiger partial charge in [-0.15, -0.1) is 0 Å². The summed E-state index contributed by atoms with van der Waals surface area (Å²) in [6.45, 7) is 3.79. The molecule has 5 rings (SSSR count). The van der Waals surface area contributed by atoms with Crippen molar-refractivity contribution >= 4 is 11.8 Å². The number of hydrogen-bond donors (Lipinski definition) is 2. The number of rotatable bonds is 6. The van der Waals surface area contributed by atoms with Gasteiger partial charge >= 0.3 is 6.18 Å². The molecule has 3 heterocycles. The van der Waals surface area contributed by atoms with E-state index in [1.54, 1.807) is 12.3 Å². The molecule has 1 aliphatic heterocycles. The monoisotopic (exact) mass is 491 g/mol. The van der Waals surface area contributed by atoms with Gasteiger partial charge in [0.15, 0.2) is 0 Å². The first-order chi connectivity index (χ1) is 17.4. The molecule has 0 radical (unpaired) electrons. The summed E-state index contributed by atoms with van der Waals surface area (Å²) in [4.78, 5) is 14.9. The maximum absolute atomic E-state index is 13.5. The molecule has 186 valence electrons. The number of anilines is 2. The summed E-state index contributed by atoms with van der Waals surface area (Å²) >= 11 is 0. The van der Waals surface area contributed by atoms with Crippen LogP contribution in [0.15, 0.2) is 72.9 Å². The molecule has 8 heteroatoms. The predicted molar refractivity (Wildman–Crippen MR) is 137 cm³/mol. The van der Waals surface area contributed by atoms with Crippen LogP contribution in [-0.2, 0) is 6.18 Å². The molecule has 1 fully saturated rings. The number of alkyl halides is 3. The number of aromatic amines is 1. The number of pyridine rings is 1. The maximum atomic E-state index is 13.5. The van der Waals surface area contributed by atoms with Crippen LogP contribution < -0.4 is 10.2 Å². The van der Waals surface area contributed by atoms with Crippen LogP contribution in [0.3, 0.4) is 0 Å². The van der Waals surface area contributed by atoms with Gasteiger partial charge in [0.05, 0.1) is 17.0 Å². The Hall–Kier alpha value is -3.81. The van der Waals surface area contributed by atoms with Crippen LogP contribution in [0, 0.1) is 0 Å². The molecule has 1 aliphatic rings. The Morgan fingerprint density at radius 1 is 0.917 bits per heavy atom. The van der Waals surface area contributed by atoms with Gasteiger partial charge in [0, 0.05) is 36.5 Å². The van der Waals surface area contributed by atoms with Gasteiger partial charge in [-0.3, -0.25) is 0 Å². The van der Waals surface area contributed by atoms with Crippen molar-refractivity contribution in [1.82, 2.24) is 15.0 Å². The van der Waals surface area contributed by atoms with Crippen LogP contribution >= 0.6 is 0 Å². The van der Waals surface area contributed by atoms with E-state index in [1.807, 2.05) is 42.5 Å². The first kappa shape index (κ1) is 23.9. The van der Waals surface area contributed by atoms with Crippen molar-refractivity contribution in [3.05, 3.63) is 84.1 Å². The minimum atomic E-state index is -4.43. The van der Waals surface area contributed by atoms with Gasteiger partial charge in [0.1, 0.15) is 5.82 Å². The van der Waals surface area contributed by atoms with Crippen LogP contribution in [0.1, 0.15) is 43.4 Å². The van der Waals surface area contributed by atoms with Gasteiger partial charge in [-0.05, 0) is 56.0 Å². The van der Waals surface area contributed by atoms with Crippen LogP contribution in [-0.4, -0.2) is 28.0 Å². The van der Waals surface area contributed by atoms with E-state index in [0.717, 1.165) is 49.2 Å². The van der Waals surface area contributed by atoms with Gasteiger partial charge < -0.3 is 15.2 Å². The van der Waals surface area contributed by atoms with E-state index in [9.17, 15) is 13.2 Å². The number of imidazole rings is 1. The number of nitrogens with zero attached hydrogens (tertiary/aromatic N) is 3. The van der Waals surface area contributed by atoms with Crippen LogP contribution in [0.25, 0.3) is 22.5 Å². The minimum absolute atomic E-state index is 0.0302. The summed E-state index contributed by atoms with van der Waals surface area (Å²) in [5.41, 5.74) is 2.83. The highest BCUT2D eigenvalue weighted by molar-refractivity contribution is 5.81. The number of hydrogen-bond acceptors (Lipinski definition) is 4. The molecule has 0 bridgehead atoms. The molecule has 36 heavy (non-hydrogen) atoms. The summed E-state index contributed by atoms with van der Waals surface area (Å²) in [6, 6.07) is 19.2. The highest BCUT2D eigenvalue weighted by Crippen LogP contribution is 2.37. The van der Waals surface area contributed by atoms with Gasteiger partial charge in [-0.25, -0.2) is 9.97 Å². The topological polar surface area (TPSA) is 56.8 Å². The van der Waals surface area contributed by atoms with E-state index in [1.165, 1.54) is 12.5 Å². The summed E-state index contributed by atoms with van der Waals surface area (Å²) in [5.74, 6) is 1.36. The molecule has 0 aliphatic carbocycles. The van der Waals surface area contributed by atoms with Crippen molar-refractivity contribution in [3.8, 4) is 22.5 Å². The Morgan fingerprint density at radius 2 is 1.69 bits per heavy atom. The highest BCUT2D eigenvalue weighted by atomic mass is 19.4. The molecule has 1 saturated heterocycles. The van der Waals surface area contributed by atoms with Gasteiger partial charge in [-0.2, -0.15) is 13.2 Å². The van der Waals surface area contributed by atoms with Gasteiger partial charge in [0.25, 0.3) is 0 Å². The second-order valence-corrected chi connectivity index (χ2v) is 9.12. The largest absolute Gasteiger partial charge is 0.416 e. The van der Waals surface area contributed by atoms with Crippen LogP contribution in [0.5, 0.6) is 0 Å². The lowest BCUT2D eigenvalue weighted by molar-refractivity contribution is -0.137. The molecule has 0 spiro atoms. The Bertz CT molecular complexity index is 1310. The molecule has 2 aromatic carbocycles. The SMILES string of the molecule is C[C@@H](Nc1cc(-c2[nH]c(N3CCCCC3)nc2-c2cccc(C(F)(F)F)c2)ccn1)c1ccccc1. The lowest BCUT2D eigenvalue weighted by atomic mass is 10.0. The normalized spacial score (nSPS) is 15.1. The summed E-state index contributed by atoms with van der Waals surface area (Å²) in [5, 5.41) is 3.42. The minimum Gasteiger partial charge on any atom is -0.364 e. The number of aromatic nitrogens is 3. The van der Waals surface area contributed by atoms with E-state index in [2.05, 4.69) is 27.1 Å². The van der Waals surface area contributed by atoms with E-state index in [4.69, 9.17) is 4.98 Å². The average Bonchev–Trinajstić information content (AvgIpc) is 3.35. The van der Waals surface area contributed by atoms with Crippen molar-refractivity contribution in [1.29, 1.82) is 0 Å². The Kier molecular flexibility index (Phi) is 6.67. The number of piperidine rings is 1. The second-order valence-electron chi connectivity index (χ2n) is 9.12. The lowest BCUT2D eigenvalue weighted by Gasteiger charge is -2.26. The predicted octanol–water partition coefficient (Wildman–Crippen LogP) is 7.32. The van der Waals surface area contributed by atoms with Crippen molar-refractivity contribution in [2.75, 3.05) is 23.3 Å². The molecule has 1 atom stereocenters. The van der Waals surface area contributed by atoms with E-state index >= 15 is 0 Å². The van der Waals surface area contributed by atoms with Crippen molar-refractivity contribution < 1.29 is 13.2 Å².